The van der Waals surface area contributed by atoms with Gasteiger partial charge < -0.3 is 5.73 Å². The molecule has 0 aliphatic heterocycles. The molecule has 0 radical (unpaired) electrons. The molecule has 0 fully saturated rings. The summed E-state index contributed by atoms with van der Waals surface area (Å²) in [5, 5.41) is 7.54. The maximum atomic E-state index is 13.6. The van der Waals surface area contributed by atoms with Gasteiger partial charge in [0, 0.05) is 15.4 Å². The summed E-state index contributed by atoms with van der Waals surface area (Å²) in [4.78, 5) is 1.33. The van der Waals surface area contributed by atoms with E-state index in [9.17, 15) is 4.39 Å². The molecule has 0 aromatic heterocycles. The molecule has 0 saturated heterocycles. The molecule has 2 aromatic rings. The molecule has 0 amide bonds. The first kappa shape index (κ1) is 12.6. The van der Waals surface area contributed by atoms with Crippen molar-refractivity contribution in [3.63, 3.8) is 0 Å². The average Bonchev–Trinajstić information content (AvgIpc) is 2.32. The Kier molecular flexibility index (Phi) is 3.67. The summed E-state index contributed by atoms with van der Waals surface area (Å²) in [5.74, 6) is -0.271. The fourth-order valence-electron chi connectivity index (χ4n) is 1.58. The summed E-state index contributed by atoms with van der Waals surface area (Å²) in [7, 11) is 0. The van der Waals surface area contributed by atoms with Crippen molar-refractivity contribution in [1.82, 2.24) is 0 Å². The highest BCUT2D eigenvalue weighted by atomic mass is 32.2. The van der Waals surface area contributed by atoms with Crippen molar-refractivity contribution in [3.05, 3.63) is 59.4 Å². The third kappa shape index (κ3) is 2.71. The molecule has 92 valence electrons. The average molecular weight is 260 g/mol. The van der Waals surface area contributed by atoms with Gasteiger partial charge in [0.05, 0.1) is 0 Å². The van der Waals surface area contributed by atoms with Gasteiger partial charge in [0.25, 0.3) is 0 Å². The summed E-state index contributed by atoms with van der Waals surface area (Å²) in [5.41, 5.74) is 7.22. The van der Waals surface area contributed by atoms with Gasteiger partial charge in [-0.15, -0.1) is 0 Å². The Morgan fingerprint density at radius 1 is 1.17 bits per heavy atom. The van der Waals surface area contributed by atoms with E-state index >= 15 is 0 Å². The molecular weight excluding hydrogens is 247 g/mol. The van der Waals surface area contributed by atoms with E-state index in [4.69, 9.17) is 11.1 Å². The number of amidine groups is 1. The predicted octanol–water partition coefficient (Wildman–Crippen LogP) is 3.57. The van der Waals surface area contributed by atoms with E-state index in [1.807, 2.05) is 19.1 Å². The van der Waals surface area contributed by atoms with Gasteiger partial charge in [-0.2, -0.15) is 0 Å². The first-order valence-corrected chi connectivity index (χ1v) is 6.27. The highest BCUT2D eigenvalue weighted by Crippen LogP contribution is 2.32. The van der Waals surface area contributed by atoms with Gasteiger partial charge in [0.2, 0.25) is 0 Å². The van der Waals surface area contributed by atoms with E-state index in [1.165, 1.54) is 17.8 Å². The second-order valence-corrected chi connectivity index (χ2v) is 5.03. The number of rotatable bonds is 3. The molecule has 0 unspecified atom stereocenters. The van der Waals surface area contributed by atoms with Gasteiger partial charge >= 0.3 is 0 Å². The first-order chi connectivity index (χ1) is 8.58. The molecule has 0 atom stereocenters. The monoisotopic (exact) mass is 260 g/mol. The fraction of sp³-hybridized carbons (Fsp3) is 0.0714. The standard InChI is InChI=1S/C14H13FN2S/c1-9-6-7-10(14(16)17)13(8-9)18-12-5-3-2-4-11(12)15/h2-8H,1H3,(H3,16,17). The SMILES string of the molecule is Cc1ccc(C(=N)N)c(Sc2ccccc2F)c1. The lowest BCUT2D eigenvalue weighted by molar-refractivity contribution is 0.602. The van der Waals surface area contributed by atoms with Crippen molar-refractivity contribution in [2.75, 3.05) is 0 Å². The largest absolute Gasteiger partial charge is 0.384 e. The van der Waals surface area contributed by atoms with Crippen LogP contribution in [-0.2, 0) is 0 Å². The predicted molar refractivity (Wildman–Crippen MR) is 72.7 cm³/mol. The summed E-state index contributed by atoms with van der Waals surface area (Å²) in [6.07, 6.45) is 0. The summed E-state index contributed by atoms with van der Waals surface area (Å²) < 4.78 is 13.6. The highest BCUT2D eigenvalue weighted by molar-refractivity contribution is 7.99. The highest BCUT2D eigenvalue weighted by Gasteiger charge is 2.09. The van der Waals surface area contributed by atoms with Crippen LogP contribution < -0.4 is 5.73 Å². The van der Waals surface area contributed by atoms with Crippen LogP contribution in [0.5, 0.6) is 0 Å². The maximum Gasteiger partial charge on any atom is 0.137 e. The molecule has 2 rings (SSSR count). The Labute approximate surface area is 110 Å². The van der Waals surface area contributed by atoms with Crippen LogP contribution in [0.4, 0.5) is 4.39 Å². The lowest BCUT2D eigenvalue weighted by atomic mass is 10.1. The minimum absolute atomic E-state index is 0.00570. The van der Waals surface area contributed by atoms with Crippen LogP contribution >= 0.6 is 11.8 Å². The maximum absolute atomic E-state index is 13.6. The normalized spacial score (nSPS) is 10.3. The number of nitrogen functional groups attached to an aromatic ring is 1. The lowest BCUT2D eigenvalue weighted by Crippen LogP contribution is -2.12. The summed E-state index contributed by atoms with van der Waals surface area (Å²) in [6, 6.07) is 12.2. The van der Waals surface area contributed by atoms with E-state index in [0.29, 0.717) is 10.5 Å². The van der Waals surface area contributed by atoms with Crippen LogP contribution in [0.2, 0.25) is 0 Å². The van der Waals surface area contributed by atoms with Crippen LogP contribution in [0.25, 0.3) is 0 Å². The minimum Gasteiger partial charge on any atom is -0.384 e. The molecule has 0 heterocycles. The molecule has 0 bridgehead atoms. The Morgan fingerprint density at radius 3 is 2.56 bits per heavy atom. The van der Waals surface area contributed by atoms with E-state index in [-0.39, 0.29) is 11.7 Å². The van der Waals surface area contributed by atoms with Gasteiger partial charge in [0.15, 0.2) is 0 Å². The van der Waals surface area contributed by atoms with Crippen molar-refractivity contribution in [2.24, 2.45) is 5.73 Å². The van der Waals surface area contributed by atoms with Gasteiger partial charge in [-0.1, -0.05) is 30.0 Å². The zero-order valence-electron chi connectivity index (χ0n) is 9.91. The molecule has 4 heteroatoms. The first-order valence-electron chi connectivity index (χ1n) is 5.45. The number of nitrogens with two attached hydrogens (primary N) is 1. The number of hydrogen-bond donors (Lipinski definition) is 2. The number of hydrogen-bond acceptors (Lipinski definition) is 2. The zero-order valence-corrected chi connectivity index (χ0v) is 10.7. The topological polar surface area (TPSA) is 49.9 Å². The van der Waals surface area contributed by atoms with Gasteiger partial charge in [-0.3, -0.25) is 5.41 Å². The number of nitrogens with one attached hydrogen (secondary N) is 1. The second kappa shape index (κ2) is 5.23. The number of benzene rings is 2. The number of halogens is 1. The molecule has 0 saturated carbocycles. The molecule has 0 spiro atoms. The van der Waals surface area contributed by atoms with Crippen LogP contribution in [0.15, 0.2) is 52.3 Å². The minimum atomic E-state index is -0.265. The van der Waals surface area contributed by atoms with E-state index in [0.717, 1.165) is 10.5 Å². The summed E-state index contributed by atoms with van der Waals surface area (Å²) in [6.45, 7) is 1.95. The summed E-state index contributed by atoms with van der Waals surface area (Å²) >= 11 is 1.29. The van der Waals surface area contributed by atoms with Crippen molar-refractivity contribution in [3.8, 4) is 0 Å². The smallest absolute Gasteiger partial charge is 0.137 e. The van der Waals surface area contributed by atoms with E-state index in [2.05, 4.69) is 0 Å². The lowest BCUT2D eigenvalue weighted by Gasteiger charge is -2.09. The third-order valence-electron chi connectivity index (χ3n) is 2.48. The van der Waals surface area contributed by atoms with Crippen molar-refractivity contribution < 1.29 is 4.39 Å². The van der Waals surface area contributed by atoms with Crippen LogP contribution in [-0.4, -0.2) is 5.84 Å². The van der Waals surface area contributed by atoms with Crippen molar-refractivity contribution in [2.45, 2.75) is 16.7 Å². The van der Waals surface area contributed by atoms with Crippen LogP contribution in [0, 0.1) is 18.2 Å². The molecule has 18 heavy (non-hydrogen) atoms. The van der Waals surface area contributed by atoms with E-state index < -0.39 is 0 Å². The molecule has 0 aliphatic rings. The van der Waals surface area contributed by atoms with Crippen LogP contribution in [0.3, 0.4) is 0 Å². The zero-order chi connectivity index (χ0) is 13.1. The Hall–Kier alpha value is -1.81. The van der Waals surface area contributed by atoms with Crippen LogP contribution in [0.1, 0.15) is 11.1 Å². The van der Waals surface area contributed by atoms with E-state index in [1.54, 1.807) is 24.3 Å². The third-order valence-corrected chi connectivity index (χ3v) is 3.59. The Balaban J connectivity index is 2.42. The Bertz CT molecular complexity index is 596. The quantitative estimate of drug-likeness (QED) is 0.654. The molecule has 2 aromatic carbocycles. The van der Waals surface area contributed by atoms with Crippen molar-refractivity contribution in [1.29, 1.82) is 5.41 Å². The van der Waals surface area contributed by atoms with Gasteiger partial charge in [0.1, 0.15) is 11.7 Å². The molecule has 3 N–H and O–H groups in total. The number of aryl methyl sites for hydroxylation is 1. The molecule has 2 nitrogen and oxygen atoms in total. The molecule has 0 aliphatic carbocycles. The van der Waals surface area contributed by atoms with Crippen molar-refractivity contribution >= 4 is 17.6 Å². The molecular formula is C14H13FN2S. The van der Waals surface area contributed by atoms with Gasteiger partial charge in [-0.05, 0) is 36.8 Å². The van der Waals surface area contributed by atoms with Gasteiger partial charge in [-0.25, -0.2) is 4.39 Å². The Morgan fingerprint density at radius 2 is 1.89 bits per heavy atom. The second-order valence-electron chi connectivity index (χ2n) is 3.95. The fourth-order valence-corrected chi connectivity index (χ4v) is 2.66.